The molecule has 4 amide bonds. The van der Waals surface area contributed by atoms with Gasteiger partial charge in [0.1, 0.15) is 17.7 Å². The van der Waals surface area contributed by atoms with Crippen molar-refractivity contribution in [2.45, 2.75) is 129 Å². The summed E-state index contributed by atoms with van der Waals surface area (Å²) in [5.74, 6) is -2.33. The number of carbonyl (C=O) groups excluding carboxylic acids is 5. The van der Waals surface area contributed by atoms with Gasteiger partial charge in [-0.3, -0.25) is 19.2 Å². The van der Waals surface area contributed by atoms with Crippen LogP contribution in [0.2, 0.25) is 0 Å². The number of likely N-dealkylation sites (tertiary alicyclic amines) is 1. The number of nitrogens with one attached hydrogen (secondary N) is 3. The molecule has 0 aromatic carbocycles. The Morgan fingerprint density at radius 2 is 1.81 bits per heavy atom. The highest BCUT2D eigenvalue weighted by molar-refractivity contribution is 6.38. The first-order valence-electron chi connectivity index (χ1n) is 15.4. The molecule has 3 unspecified atom stereocenters. The van der Waals surface area contributed by atoms with Crippen LogP contribution >= 0.6 is 0 Å². The molecule has 0 aromatic rings. The van der Waals surface area contributed by atoms with E-state index in [1.807, 2.05) is 27.7 Å². The molecule has 0 saturated carbocycles. The van der Waals surface area contributed by atoms with Gasteiger partial charge < -0.3 is 25.6 Å². The number of carbonyl (C=O) groups is 5. The lowest BCUT2D eigenvalue weighted by atomic mass is 9.85. The molecule has 3 atom stereocenters. The Morgan fingerprint density at radius 1 is 1.10 bits per heavy atom. The highest BCUT2D eigenvalue weighted by atomic mass is 16.6. The molecule has 42 heavy (non-hydrogen) atoms. The van der Waals surface area contributed by atoms with E-state index in [0.717, 1.165) is 19.3 Å². The van der Waals surface area contributed by atoms with E-state index in [9.17, 15) is 24.0 Å². The van der Waals surface area contributed by atoms with Gasteiger partial charge in [-0.1, -0.05) is 45.4 Å². The number of alkyl carbamates (subject to hydrolysis) is 1. The predicted octanol–water partition coefficient (Wildman–Crippen LogP) is 4.33. The number of hydrogen-bond donors (Lipinski definition) is 3. The minimum atomic E-state index is -1.04. The minimum Gasteiger partial charge on any atom is -0.444 e. The Morgan fingerprint density at radius 3 is 2.40 bits per heavy atom. The Balaban J connectivity index is 2.09. The van der Waals surface area contributed by atoms with E-state index >= 15 is 0 Å². The van der Waals surface area contributed by atoms with E-state index in [2.05, 4.69) is 28.6 Å². The Labute approximate surface area is 251 Å². The molecule has 236 valence electrons. The highest BCUT2D eigenvalue weighted by Gasteiger charge is 2.43. The summed E-state index contributed by atoms with van der Waals surface area (Å²) in [6.07, 6.45) is 10.5. The zero-order valence-electron chi connectivity index (χ0n) is 26.5. The van der Waals surface area contributed by atoms with Gasteiger partial charge in [0.05, 0.1) is 6.04 Å². The van der Waals surface area contributed by atoms with Crippen LogP contribution in [0.15, 0.2) is 24.3 Å². The number of allylic oxidation sites excluding steroid dienone is 2. The van der Waals surface area contributed by atoms with Crippen molar-refractivity contribution >= 4 is 29.6 Å². The molecule has 0 radical (unpaired) electrons. The number of nitrogens with zero attached hydrogens (tertiary/aromatic N) is 1. The van der Waals surface area contributed by atoms with Gasteiger partial charge in [-0.25, -0.2) is 4.79 Å². The lowest BCUT2D eigenvalue weighted by molar-refractivity contribution is -0.144. The van der Waals surface area contributed by atoms with E-state index in [0.29, 0.717) is 45.2 Å². The van der Waals surface area contributed by atoms with Crippen molar-refractivity contribution in [3.8, 4) is 0 Å². The van der Waals surface area contributed by atoms with Gasteiger partial charge >= 0.3 is 6.09 Å². The van der Waals surface area contributed by atoms with Crippen molar-refractivity contribution in [3.05, 3.63) is 24.3 Å². The third-order valence-corrected chi connectivity index (χ3v) is 8.07. The molecule has 10 nitrogen and oxygen atoms in total. The predicted molar refractivity (Wildman–Crippen MR) is 163 cm³/mol. The van der Waals surface area contributed by atoms with Crippen LogP contribution in [-0.2, 0) is 23.9 Å². The molecule has 2 aliphatic rings. The summed E-state index contributed by atoms with van der Waals surface area (Å²) in [5, 5.41) is 8.17. The summed E-state index contributed by atoms with van der Waals surface area (Å²) in [6.45, 7) is 15.4. The van der Waals surface area contributed by atoms with Gasteiger partial charge in [-0.05, 0) is 83.5 Å². The van der Waals surface area contributed by atoms with E-state index in [1.54, 1.807) is 19.9 Å². The van der Waals surface area contributed by atoms with Crippen molar-refractivity contribution in [2.75, 3.05) is 13.1 Å². The van der Waals surface area contributed by atoms with E-state index in [1.165, 1.54) is 16.9 Å². The Hall–Kier alpha value is -3.17. The topological polar surface area (TPSA) is 134 Å². The average Bonchev–Trinajstić information content (AvgIpc) is 3.43. The summed E-state index contributed by atoms with van der Waals surface area (Å²) in [7, 11) is 0. The number of hydrogen-bond acceptors (Lipinski definition) is 6. The minimum absolute atomic E-state index is 0.221. The molecular formula is C32H52N4O6. The maximum atomic E-state index is 13.8. The van der Waals surface area contributed by atoms with Crippen LogP contribution in [0.1, 0.15) is 106 Å². The number of Topliss-reactive ketones (excluding diaryl/α,β-unsaturated/α-hetero) is 1. The first-order valence-corrected chi connectivity index (χ1v) is 15.4. The zero-order chi connectivity index (χ0) is 31.5. The fraction of sp³-hybridized carbons (Fsp3) is 0.719. The number of ketones is 1. The van der Waals surface area contributed by atoms with Crippen LogP contribution in [0.3, 0.4) is 0 Å². The third kappa shape index (κ3) is 10.6. The summed E-state index contributed by atoms with van der Waals surface area (Å²) in [6, 6.07) is -2.80. The molecule has 1 aliphatic heterocycles. The van der Waals surface area contributed by atoms with Gasteiger partial charge in [-0.15, -0.1) is 6.58 Å². The largest absolute Gasteiger partial charge is 0.444 e. The van der Waals surface area contributed by atoms with Gasteiger partial charge in [0.2, 0.25) is 17.6 Å². The van der Waals surface area contributed by atoms with Gasteiger partial charge in [-0.2, -0.15) is 0 Å². The maximum absolute atomic E-state index is 13.8. The fourth-order valence-electron chi connectivity index (χ4n) is 5.12. The summed E-state index contributed by atoms with van der Waals surface area (Å²) in [5.41, 5.74) is -0.0654. The van der Waals surface area contributed by atoms with Crippen LogP contribution in [0.4, 0.5) is 4.79 Å². The van der Waals surface area contributed by atoms with Crippen LogP contribution < -0.4 is 16.0 Å². The van der Waals surface area contributed by atoms with E-state index in [4.69, 9.17) is 4.74 Å². The van der Waals surface area contributed by atoms with Gasteiger partial charge in [0.15, 0.2) is 0 Å². The van der Waals surface area contributed by atoms with Crippen molar-refractivity contribution in [3.63, 3.8) is 0 Å². The van der Waals surface area contributed by atoms with Gasteiger partial charge in [0.25, 0.3) is 5.91 Å². The first kappa shape index (κ1) is 35.0. The fourth-order valence-corrected chi connectivity index (χ4v) is 5.12. The second kappa shape index (κ2) is 15.9. The quantitative estimate of drug-likeness (QED) is 0.204. The molecule has 1 heterocycles. The first-order chi connectivity index (χ1) is 19.7. The number of ether oxygens (including phenoxy) is 1. The van der Waals surface area contributed by atoms with Crippen LogP contribution in [-0.4, -0.2) is 71.3 Å². The summed E-state index contributed by atoms with van der Waals surface area (Å²) in [4.78, 5) is 67.2. The standard InChI is InChI=1S/C32H52N4O6/c1-8-10-17-23(25(37)28(39)33-20-19-22-15-12-11-13-16-22)34-27(38)24-18-14-21-36(24)29(40)26(31(3,4)5)35-30(41)42-32(6,7)9-2/h8,15,23-24,26H,1,9-14,16-21H2,2-7H3,(H,33,39)(H,34,38)(H,35,41). The number of rotatable bonds is 14. The van der Waals surface area contributed by atoms with Crippen LogP contribution in [0, 0.1) is 5.41 Å². The van der Waals surface area contributed by atoms with Crippen LogP contribution in [0.5, 0.6) is 0 Å². The lowest BCUT2D eigenvalue weighted by Gasteiger charge is -2.36. The van der Waals surface area contributed by atoms with E-state index in [-0.39, 0.29) is 6.42 Å². The molecule has 0 bridgehead atoms. The van der Waals surface area contributed by atoms with Crippen LogP contribution in [0.25, 0.3) is 0 Å². The van der Waals surface area contributed by atoms with Crippen molar-refractivity contribution in [2.24, 2.45) is 5.41 Å². The molecule has 2 rings (SSSR count). The molecule has 0 aromatic heterocycles. The summed E-state index contributed by atoms with van der Waals surface area (Å²) >= 11 is 0. The molecule has 1 saturated heterocycles. The van der Waals surface area contributed by atoms with Crippen molar-refractivity contribution < 1.29 is 28.7 Å². The average molecular weight is 589 g/mol. The normalized spacial score (nSPS) is 18.8. The lowest BCUT2D eigenvalue weighted by Crippen LogP contribution is -2.59. The Kier molecular flexibility index (Phi) is 13.3. The number of amides is 4. The molecule has 1 aliphatic carbocycles. The second-order valence-corrected chi connectivity index (χ2v) is 13.0. The molecule has 0 spiro atoms. The smallest absolute Gasteiger partial charge is 0.408 e. The monoisotopic (exact) mass is 588 g/mol. The zero-order valence-corrected chi connectivity index (χ0v) is 26.5. The highest BCUT2D eigenvalue weighted by Crippen LogP contribution is 2.27. The van der Waals surface area contributed by atoms with Gasteiger partial charge in [0, 0.05) is 13.1 Å². The third-order valence-electron chi connectivity index (χ3n) is 8.07. The van der Waals surface area contributed by atoms with Crippen molar-refractivity contribution in [1.82, 2.24) is 20.9 Å². The second-order valence-electron chi connectivity index (χ2n) is 13.0. The summed E-state index contributed by atoms with van der Waals surface area (Å²) < 4.78 is 5.51. The molecular weight excluding hydrogens is 536 g/mol. The molecule has 3 N–H and O–H groups in total. The Bertz CT molecular complexity index is 1030. The van der Waals surface area contributed by atoms with E-state index < -0.39 is 58.7 Å². The molecule has 10 heteroatoms. The van der Waals surface area contributed by atoms with Crippen molar-refractivity contribution in [1.29, 1.82) is 0 Å². The maximum Gasteiger partial charge on any atom is 0.408 e. The molecule has 1 fully saturated rings. The SMILES string of the molecule is C=CCCC(NC(=O)C1CCCN1C(=O)C(NC(=O)OC(C)(C)CC)C(C)(C)C)C(=O)C(=O)NCCC1=CCCCC1.